The lowest BCUT2D eigenvalue weighted by Crippen LogP contribution is -2.38. The smallest absolute Gasteiger partial charge is 0.318 e. The van der Waals surface area contributed by atoms with Crippen LogP contribution in [0.25, 0.3) is 0 Å². The SMILES string of the molecule is CCC(c1ccccc1)C(C(=O)OCCOc1ccc(C(=O)CC(=O)c2ccc(C)cc2)cc1)C(CC(c1ccccc1)C1C(=O)OC(=O)C1C)C(=O)O. The molecular formula is C44H44O10. The van der Waals surface area contributed by atoms with Gasteiger partial charge in [-0.15, -0.1) is 0 Å². The van der Waals surface area contributed by atoms with Crippen LogP contribution in [0.15, 0.2) is 109 Å². The van der Waals surface area contributed by atoms with E-state index in [-0.39, 0.29) is 37.6 Å². The fourth-order valence-corrected chi connectivity index (χ4v) is 7.22. The second-order valence-electron chi connectivity index (χ2n) is 13.6. The number of ketones is 2. The maximum Gasteiger partial charge on any atom is 0.318 e. The number of carbonyl (C=O) groups is 6. The Hall–Kier alpha value is -5.90. The molecule has 0 aromatic heterocycles. The fourth-order valence-electron chi connectivity index (χ4n) is 7.22. The van der Waals surface area contributed by atoms with Gasteiger partial charge in [-0.3, -0.25) is 28.8 Å². The van der Waals surface area contributed by atoms with Crippen LogP contribution in [-0.4, -0.2) is 53.8 Å². The molecule has 0 bridgehead atoms. The molecule has 4 aromatic carbocycles. The summed E-state index contributed by atoms with van der Waals surface area (Å²) in [5, 5.41) is 10.7. The Morgan fingerprint density at radius 3 is 1.81 bits per heavy atom. The van der Waals surface area contributed by atoms with Gasteiger partial charge in [0.25, 0.3) is 0 Å². The lowest BCUT2D eigenvalue weighted by Gasteiger charge is -2.33. The van der Waals surface area contributed by atoms with Gasteiger partial charge in [-0.05, 0) is 67.0 Å². The second-order valence-corrected chi connectivity index (χ2v) is 13.6. The average Bonchev–Trinajstić information content (AvgIpc) is 3.43. The van der Waals surface area contributed by atoms with Gasteiger partial charge in [0.1, 0.15) is 19.0 Å². The van der Waals surface area contributed by atoms with E-state index in [2.05, 4.69) is 0 Å². The highest BCUT2D eigenvalue weighted by Gasteiger charge is 2.49. The van der Waals surface area contributed by atoms with Crippen molar-refractivity contribution in [2.24, 2.45) is 23.7 Å². The number of rotatable bonds is 18. The number of ether oxygens (including phenoxy) is 3. The number of cyclic esters (lactones) is 2. The number of hydrogen-bond donors (Lipinski definition) is 1. The van der Waals surface area contributed by atoms with Gasteiger partial charge in [0.2, 0.25) is 0 Å². The minimum atomic E-state index is -1.30. The Bertz CT molecular complexity index is 1940. The van der Waals surface area contributed by atoms with Gasteiger partial charge in [0.15, 0.2) is 11.6 Å². The summed E-state index contributed by atoms with van der Waals surface area (Å²) in [4.78, 5) is 78.0. The number of Topliss-reactive ketones (excluding diaryl/α,β-unsaturated/α-hetero) is 2. The van der Waals surface area contributed by atoms with Crippen molar-refractivity contribution < 1.29 is 48.1 Å². The maximum atomic E-state index is 14.1. The molecule has 1 fully saturated rings. The summed E-state index contributed by atoms with van der Waals surface area (Å²) < 4.78 is 16.5. The van der Waals surface area contributed by atoms with Crippen LogP contribution < -0.4 is 4.74 Å². The number of aryl methyl sites for hydroxylation is 1. The standard InChI is InChI=1S/C44H44O10/c1-4-34(29-11-7-5-8-12-29)40(36(41(47)48)25-35(30-13-9-6-10-14-30)39-28(3)42(49)54-44(39)51)43(50)53-24-23-52-33-21-19-32(20-22-33)38(46)26-37(45)31-17-15-27(2)16-18-31/h5-22,28,34-36,39-40H,4,23-26H2,1-3H3,(H,47,48). The Morgan fingerprint density at radius 2 is 1.30 bits per heavy atom. The molecule has 1 aliphatic heterocycles. The van der Waals surface area contributed by atoms with E-state index in [4.69, 9.17) is 14.2 Å². The monoisotopic (exact) mass is 732 g/mol. The number of carboxylic acids is 1. The first-order valence-electron chi connectivity index (χ1n) is 18.1. The minimum absolute atomic E-state index is 0.0578. The number of carbonyl (C=O) groups excluding carboxylic acids is 5. The molecule has 280 valence electrons. The fraction of sp³-hybridized carbons (Fsp3) is 0.318. The van der Waals surface area contributed by atoms with Gasteiger partial charge < -0.3 is 19.3 Å². The van der Waals surface area contributed by atoms with E-state index in [9.17, 15) is 33.9 Å². The molecule has 54 heavy (non-hydrogen) atoms. The van der Waals surface area contributed by atoms with E-state index < -0.39 is 59.4 Å². The van der Waals surface area contributed by atoms with Gasteiger partial charge in [-0.25, -0.2) is 0 Å². The summed E-state index contributed by atoms with van der Waals surface area (Å²) in [5.74, 6) is -9.01. The van der Waals surface area contributed by atoms with Crippen LogP contribution in [0.2, 0.25) is 0 Å². The molecular weight excluding hydrogens is 688 g/mol. The number of benzene rings is 4. The third-order valence-electron chi connectivity index (χ3n) is 10.1. The Morgan fingerprint density at radius 1 is 0.741 bits per heavy atom. The van der Waals surface area contributed by atoms with Gasteiger partial charge in [-0.2, -0.15) is 0 Å². The summed E-state index contributed by atoms with van der Waals surface area (Å²) in [7, 11) is 0. The Kier molecular flexibility index (Phi) is 13.3. The molecule has 10 heteroatoms. The first kappa shape index (κ1) is 39.3. The predicted molar refractivity (Wildman–Crippen MR) is 199 cm³/mol. The lowest BCUT2D eigenvalue weighted by atomic mass is 9.69. The zero-order valence-corrected chi connectivity index (χ0v) is 30.5. The minimum Gasteiger partial charge on any atom is -0.490 e. The van der Waals surface area contributed by atoms with E-state index >= 15 is 0 Å². The lowest BCUT2D eigenvalue weighted by molar-refractivity contribution is -0.160. The molecule has 0 spiro atoms. The summed E-state index contributed by atoms with van der Waals surface area (Å²) in [6.45, 7) is 5.13. The molecule has 10 nitrogen and oxygen atoms in total. The van der Waals surface area contributed by atoms with Crippen LogP contribution in [0.4, 0.5) is 0 Å². The first-order valence-corrected chi connectivity index (χ1v) is 18.1. The van der Waals surface area contributed by atoms with E-state index in [1.165, 1.54) is 0 Å². The van der Waals surface area contributed by atoms with E-state index in [1.807, 2.05) is 56.3 Å². The third-order valence-corrected chi connectivity index (χ3v) is 10.1. The third kappa shape index (κ3) is 9.55. The molecule has 0 aliphatic carbocycles. The highest BCUT2D eigenvalue weighted by Crippen LogP contribution is 2.44. The topological polar surface area (TPSA) is 150 Å². The quantitative estimate of drug-likeness (QED) is 0.0475. The number of esters is 3. The van der Waals surface area contributed by atoms with Crippen molar-refractivity contribution in [3.05, 3.63) is 137 Å². The molecule has 5 rings (SSSR count). The Balaban J connectivity index is 1.30. The van der Waals surface area contributed by atoms with Gasteiger partial charge in [0.05, 0.1) is 30.1 Å². The van der Waals surface area contributed by atoms with Crippen molar-refractivity contribution in [1.29, 1.82) is 0 Å². The summed E-state index contributed by atoms with van der Waals surface area (Å²) in [6.07, 6.45) is 0.0214. The molecule has 1 aliphatic rings. The summed E-state index contributed by atoms with van der Waals surface area (Å²) >= 11 is 0. The molecule has 0 saturated carbocycles. The predicted octanol–water partition coefficient (Wildman–Crippen LogP) is 7.39. The van der Waals surface area contributed by atoms with Crippen molar-refractivity contribution in [2.75, 3.05) is 13.2 Å². The zero-order chi connectivity index (χ0) is 38.8. The number of hydrogen-bond acceptors (Lipinski definition) is 9. The normalized spacial score (nSPS) is 17.5. The molecule has 6 unspecified atom stereocenters. The second kappa shape index (κ2) is 18.2. The number of aliphatic carboxylic acids is 1. The molecule has 1 saturated heterocycles. The van der Waals surface area contributed by atoms with Crippen LogP contribution >= 0.6 is 0 Å². The van der Waals surface area contributed by atoms with Crippen molar-refractivity contribution in [1.82, 2.24) is 0 Å². The van der Waals surface area contributed by atoms with Crippen LogP contribution in [0.1, 0.15) is 82.4 Å². The van der Waals surface area contributed by atoms with Crippen LogP contribution in [0.5, 0.6) is 5.75 Å². The van der Waals surface area contributed by atoms with Gasteiger partial charge in [-0.1, -0.05) is 104 Å². The summed E-state index contributed by atoms with van der Waals surface area (Å²) in [6, 6.07) is 31.4. The van der Waals surface area contributed by atoms with Crippen LogP contribution in [0, 0.1) is 30.6 Å². The molecule has 1 N–H and O–H groups in total. The molecule has 0 radical (unpaired) electrons. The first-order chi connectivity index (χ1) is 26.0. The van der Waals surface area contributed by atoms with E-state index in [0.29, 0.717) is 28.9 Å². The van der Waals surface area contributed by atoms with Crippen molar-refractivity contribution >= 4 is 35.4 Å². The molecule has 1 heterocycles. The molecule has 4 aromatic rings. The van der Waals surface area contributed by atoms with Gasteiger partial charge in [0, 0.05) is 11.1 Å². The van der Waals surface area contributed by atoms with Crippen molar-refractivity contribution in [3.63, 3.8) is 0 Å². The van der Waals surface area contributed by atoms with Crippen LogP contribution in [-0.2, 0) is 28.7 Å². The van der Waals surface area contributed by atoms with Crippen molar-refractivity contribution in [2.45, 2.75) is 51.9 Å². The average molecular weight is 733 g/mol. The maximum absolute atomic E-state index is 14.1. The van der Waals surface area contributed by atoms with Crippen molar-refractivity contribution in [3.8, 4) is 5.75 Å². The van der Waals surface area contributed by atoms with Gasteiger partial charge >= 0.3 is 23.9 Å². The highest BCUT2D eigenvalue weighted by molar-refractivity contribution is 6.13. The van der Waals surface area contributed by atoms with Crippen LogP contribution in [0.3, 0.4) is 0 Å². The highest BCUT2D eigenvalue weighted by atomic mass is 16.6. The molecule has 0 amide bonds. The zero-order valence-electron chi connectivity index (χ0n) is 30.5. The van der Waals surface area contributed by atoms with E-state index in [0.717, 1.165) is 11.1 Å². The summed E-state index contributed by atoms with van der Waals surface area (Å²) in [5.41, 5.74) is 3.25. The Labute approximate surface area is 314 Å². The molecule has 6 atom stereocenters. The number of carboxylic acid groups (broad SMARTS) is 1. The van der Waals surface area contributed by atoms with E-state index in [1.54, 1.807) is 73.7 Å². The largest absolute Gasteiger partial charge is 0.490 e.